The Labute approximate surface area is 91.0 Å². The summed E-state index contributed by atoms with van der Waals surface area (Å²) in [5, 5.41) is 0. The molecule has 0 N–H and O–H groups in total. The van der Waals surface area contributed by atoms with E-state index in [1.807, 2.05) is 6.92 Å². The van der Waals surface area contributed by atoms with E-state index in [1.165, 1.54) is 11.1 Å². The molecule has 2 heteroatoms. The molecule has 0 heterocycles. The Kier molecular flexibility index (Phi) is 4.99. The van der Waals surface area contributed by atoms with Gasteiger partial charge in [0, 0.05) is 18.4 Å². The molecular weight excluding hydrogens is 196 g/mol. The van der Waals surface area contributed by atoms with Gasteiger partial charge in [-0.1, -0.05) is 29.8 Å². The van der Waals surface area contributed by atoms with Crippen molar-refractivity contribution < 1.29 is 4.74 Å². The van der Waals surface area contributed by atoms with Crippen molar-refractivity contribution in [2.45, 2.75) is 19.8 Å². The number of alkyl halides is 1. The van der Waals surface area contributed by atoms with Crippen LogP contribution in [0.5, 0.6) is 0 Å². The number of benzene rings is 1. The predicted molar refractivity (Wildman–Crippen MR) is 61.1 cm³/mol. The maximum absolute atomic E-state index is 5.91. The second-order valence-corrected chi connectivity index (χ2v) is 3.73. The minimum atomic E-state index is 0.316. The van der Waals surface area contributed by atoms with Gasteiger partial charge in [-0.15, -0.1) is 11.6 Å². The summed E-state index contributed by atoms with van der Waals surface area (Å²) in [6.45, 7) is 5.56. The first-order valence-electron chi connectivity index (χ1n) is 4.98. The van der Waals surface area contributed by atoms with E-state index in [9.17, 15) is 0 Å². The SMILES string of the molecule is CCOCC(CCl)c1cccc(C)c1. The lowest BCUT2D eigenvalue weighted by Gasteiger charge is -2.14. The average Bonchev–Trinajstić information content (AvgIpc) is 2.19. The smallest absolute Gasteiger partial charge is 0.0546 e. The van der Waals surface area contributed by atoms with E-state index in [2.05, 4.69) is 31.2 Å². The summed E-state index contributed by atoms with van der Waals surface area (Å²) < 4.78 is 5.40. The van der Waals surface area contributed by atoms with Gasteiger partial charge in [0.2, 0.25) is 0 Å². The minimum absolute atomic E-state index is 0.316. The van der Waals surface area contributed by atoms with Gasteiger partial charge in [0.05, 0.1) is 6.61 Å². The Morgan fingerprint density at radius 1 is 1.43 bits per heavy atom. The van der Waals surface area contributed by atoms with Crippen LogP contribution in [0.2, 0.25) is 0 Å². The van der Waals surface area contributed by atoms with E-state index >= 15 is 0 Å². The predicted octanol–water partition coefficient (Wildman–Crippen LogP) is 3.35. The van der Waals surface area contributed by atoms with Gasteiger partial charge in [-0.25, -0.2) is 0 Å². The fourth-order valence-corrected chi connectivity index (χ4v) is 1.68. The summed E-state index contributed by atoms with van der Waals surface area (Å²) in [5.41, 5.74) is 2.54. The molecule has 0 bridgehead atoms. The van der Waals surface area contributed by atoms with Crippen LogP contribution in [0.15, 0.2) is 24.3 Å². The van der Waals surface area contributed by atoms with Gasteiger partial charge in [0.15, 0.2) is 0 Å². The molecule has 0 aliphatic rings. The van der Waals surface area contributed by atoms with Crippen LogP contribution in [0.1, 0.15) is 24.0 Å². The maximum atomic E-state index is 5.91. The average molecular weight is 213 g/mol. The normalized spacial score (nSPS) is 12.8. The van der Waals surface area contributed by atoms with Gasteiger partial charge in [-0.3, -0.25) is 0 Å². The number of hydrogen-bond donors (Lipinski definition) is 0. The third kappa shape index (κ3) is 3.32. The van der Waals surface area contributed by atoms with Crippen molar-refractivity contribution in [2.24, 2.45) is 0 Å². The van der Waals surface area contributed by atoms with E-state index in [-0.39, 0.29) is 0 Å². The standard InChI is InChI=1S/C12H17ClO/c1-3-14-9-12(8-13)11-6-4-5-10(2)7-11/h4-7,12H,3,8-9H2,1-2H3. The van der Waals surface area contributed by atoms with E-state index < -0.39 is 0 Å². The van der Waals surface area contributed by atoms with Gasteiger partial charge in [-0.2, -0.15) is 0 Å². The Morgan fingerprint density at radius 2 is 2.21 bits per heavy atom. The lowest BCUT2D eigenvalue weighted by atomic mass is 10.0. The molecule has 0 fully saturated rings. The van der Waals surface area contributed by atoms with Crippen LogP contribution >= 0.6 is 11.6 Å². The zero-order chi connectivity index (χ0) is 10.4. The zero-order valence-corrected chi connectivity index (χ0v) is 9.55. The van der Waals surface area contributed by atoms with E-state index in [0.29, 0.717) is 18.4 Å². The summed E-state index contributed by atoms with van der Waals surface area (Å²) in [7, 11) is 0. The zero-order valence-electron chi connectivity index (χ0n) is 8.79. The van der Waals surface area contributed by atoms with Crippen molar-refractivity contribution in [1.29, 1.82) is 0 Å². The molecule has 1 unspecified atom stereocenters. The molecule has 14 heavy (non-hydrogen) atoms. The molecule has 0 spiro atoms. The topological polar surface area (TPSA) is 9.23 Å². The highest BCUT2D eigenvalue weighted by Gasteiger charge is 2.09. The van der Waals surface area contributed by atoms with Crippen LogP contribution in [0.25, 0.3) is 0 Å². The molecule has 0 aliphatic heterocycles. The Hall–Kier alpha value is -0.530. The molecule has 1 nitrogen and oxygen atoms in total. The van der Waals surface area contributed by atoms with E-state index in [0.717, 1.165) is 6.61 Å². The number of ether oxygens (including phenoxy) is 1. The molecular formula is C12H17ClO. The quantitative estimate of drug-likeness (QED) is 0.681. The molecule has 0 saturated carbocycles. The van der Waals surface area contributed by atoms with Crippen molar-refractivity contribution in [3.05, 3.63) is 35.4 Å². The Morgan fingerprint density at radius 3 is 2.79 bits per heavy atom. The highest BCUT2D eigenvalue weighted by atomic mass is 35.5. The first kappa shape index (κ1) is 11.5. The van der Waals surface area contributed by atoms with Crippen LogP contribution in [0.4, 0.5) is 0 Å². The van der Waals surface area contributed by atoms with Gasteiger partial charge < -0.3 is 4.74 Å². The van der Waals surface area contributed by atoms with E-state index in [4.69, 9.17) is 16.3 Å². The van der Waals surface area contributed by atoms with Gasteiger partial charge >= 0.3 is 0 Å². The summed E-state index contributed by atoms with van der Waals surface area (Å²) in [6, 6.07) is 8.44. The third-order valence-corrected chi connectivity index (χ3v) is 2.60. The molecule has 78 valence electrons. The molecule has 0 aromatic heterocycles. The van der Waals surface area contributed by atoms with Gasteiger partial charge in [0.1, 0.15) is 0 Å². The molecule has 1 aromatic rings. The van der Waals surface area contributed by atoms with Crippen LogP contribution in [0, 0.1) is 6.92 Å². The number of rotatable bonds is 5. The summed E-state index contributed by atoms with van der Waals surface area (Å²) in [6.07, 6.45) is 0. The lowest BCUT2D eigenvalue weighted by Crippen LogP contribution is -2.09. The van der Waals surface area contributed by atoms with Crippen molar-refractivity contribution in [3.63, 3.8) is 0 Å². The van der Waals surface area contributed by atoms with Gasteiger partial charge in [-0.05, 0) is 19.4 Å². The van der Waals surface area contributed by atoms with Crippen molar-refractivity contribution >= 4 is 11.6 Å². The molecule has 1 aromatic carbocycles. The Balaban J connectivity index is 2.68. The fraction of sp³-hybridized carbons (Fsp3) is 0.500. The lowest BCUT2D eigenvalue weighted by molar-refractivity contribution is 0.137. The molecule has 0 saturated heterocycles. The maximum Gasteiger partial charge on any atom is 0.0546 e. The monoisotopic (exact) mass is 212 g/mol. The number of halogens is 1. The van der Waals surface area contributed by atoms with Crippen molar-refractivity contribution in [1.82, 2.24) is 0 Å². The van der Waals surface area contributed by atoms with E-state index in [1.54, 1.807) is 0 Å². The highest BCUT2D eigenvalue weighted by molar-refractivity contribution is 6.18. The van der Waals surface area contributed by atoms with Crippen LogP contribution in [0.3, 0.4) is 0 Å². The summed E-state index contributed by atoms with van der Waals surface area (Å²) >= 11 is 5.91. The molecule has 0 amide bonds. The minimum Gasteiger partial charge on any atom is -0.381 e. The molecule has 1 atom stereocenters. The second-order valence-electron chi connectivity index (χ2n) is 3.42. The third-order valence-electron chi connectivity index (χ3n) is 2.22. The summed E-state index contributed by atoms with van der Waals surface area (Å²) in [5.74, 6) is 0.931. The largest absolute Gasteiger partial charge is 0.381 e. The van der Waals surface area contributed by atoms with Crippen LogP contribution in [-0.4, -0.2) is 19.1 Å². The molecule has 0 radical (unpaired) electrons. The first-order chi connectivity index (χ1) is 6.77. The van der Waals surface area contributed by atoms with Crippen LogP contribution < -0.4 is 0 Å². The van der Waals surface area contributed by atoms with Crippen molar-refractivity contribution in [2.75, 3.05) is 19.1 Å². The number of hydrogen-bond acceptors (Lipinski definition) is 1. The Bertz CT molecular complexity index is 273. The second kappa shape index (κ2) is 6.05. The van der Waals surface area contributed by atoms with Crippen LogP contribution in [-0.2, 0) is 4.74 Å². The van der Waals surface area contributed by atoms with Crippen molar-refractivity contribution in [3.8, 4) is 0 Å². The van der Waals surface area contributed by atoms with Gasteiger partial charge in [0.25, 0.3) is 0 Å². The highest BCUT2D eigenvalue weighted by Crippen LogP contribution is 2.18. The summed E-state index contributed by atoms with van der Waals surface area (Å²) in [4.78, 5) is 0. The molecule has 0 aliphatic carbocycles. The fourth-order valence-electron chi connectivity index (χ4n) is 1.41. The molecule has 1 rings (SSSR count). The number of aryl methyl sites for hydroxylation is 1. The first-order valence-corrected chi connectivity index (χ1v) is 5.51.